The molecular weight excluding hydrogens is 274 g/mol. The van der Waals surface area contributed by atoms with Crippen LogP contribution in [0.4, 0.5) is 5.69 Å². The van der Waals surface area contributed by atoms with Crippen molar-refractivity contribution in [2.75, 3.05) is 11.9 Å². The molecule has 0 saturated carbocycles. The maximum Gasteiger partial charge on any atom is 0.227 e. The average Bonchev–Trinajstić information content (AvgIpc) is 2.50. The quantitative estimate of drug-likeness (QED) is 0.851. The highest BCUT2D eigenvalue weighted by molar-refractivity contribution is 5.90. The van der Waals surface area contributed by atoms with Crippen LogP contribution in [0.3, 0.4) is 0 Å². The molecule has 116 valence electrons. The van der Waals surface area contributed by atoms with Gasteiger partial charge in [-0.15, -0.1) is 0 Å². The SMILES string of the molecule is Cc1ccc(OCCC(=O)Nc2ccc(C(C)C)cc2)cc1. The second kappa shape index (κ2) is 7.64. The van der Waals surface area contributed by atoms with Crippen molar-refractivity contribution in [3.05, 3.63) is 59.7 Å². The molecule has 2 aromatic carbocycles. The zero-order valence-electron chi connectivity index (χ0n) is 13.4. The highest BCUT2D eigenvalue weighted by atomic mass is 16.5. The molecule has 3 heteroatoms. The molecule has 2 aromatic rings. The maximum atomic E-state index is 11.9. The number of carbonyl (C=O) groups excluding carboxylic acids is 1. The summed E-state index contributed by atoms with van der Waals surface area (Å²) < 4.78 is 5.56. The summed E-state index contributed by atoms with van der Waals surface area (Å²) in [4.78, 5) is 11.9. The Morgan fingerprint density at radius 1 is 1.05 bits per heavy atom. The number of hydrogen-bond donors (Lipinski definition) is 1. The van der Waals surface area contributed by atoms with Gasteiger partial charge >= 0.3 is 0 Å². The lowest BCUT2D eigenvalue weighted by Gasteiger charge is -2.09. The Morgan fingerprint density at radius 2 is 1.68 bits per heavy atom. The van der Waals surface area contributed by atoms with Crippen LogP contribution in [0.1, 0.15) is 37.3 Å². The molecule has 1 amide bonds. The molecule has 0 aliphatic rings. The van der Waals surface area contributed by atoms with E-state index in [0.29, 0.717) is 18.9 Å². The number of anilines is 1. The Morgan fingerprint density at radius 3 is 2.27 bits per heavy atom. The van der Waals surface area contributed by atoms with Crippen molar-refractivity contribution in [2.45, 2.75) is 33.1 Å². The van der Waals surface area contributed by atoms with Crippen LogP contribution in [0.15, 0.2) is 48.5 Å². The fraction of sp³-hybridized carbons (Fsp3) is 0.316. The molecule has 0 saturated heterocycles. The van der Waals surface area contributed by atoms with Crippen LogP contribution in [-0.2, 0) is 4.79 Å². The summed E-state index contributed by atoms with van der Waals surface area (Å²) in [6.07, 6.45) is 0.333. The topological polar surface area (TPSA) is 38.3 Å². The molecule has 22 heavy (non-hydrogen) atoms. The van der Waals surface area contributed by atoms with Gasteiger partial charge in [-0.2, -0.15) is 0 Å². The van der Waals surface area contributed by atoms with Gasteiger partial charge in [0, 0.05) is 5.69 Å². The summed E-state index contributed by atoms with van der Waals surface area (Å²) in [6, 6.07) is 15.8. The lowest BCUT2D eigenvalue weighted by molar-refractivity contribution is -0.116. The van der Waals surface area contributed by atoms with Crippen LogP contribution in [0.5, 0.6) is 5.75 Å². The molecule has 0 aromatic heterocycles. The molecule has 0 radical (unpaired) electrons. The summed E-state index contributed by atoms with van der Waals surface area (Å²) in [6.45, 7) is 6.70. The number of aryl methyl sites for hydroxylation is 1. The van der Waals surface area contributed by atoms with Crippen molar-refractivity contribution in [3.8, 4) is 5.75 Å². The summed E-state index contributed by atoms with van der Waals surface area (Å²) in [7, 11) is 0. The number of carbonyl (C=O) groups is 1. The van der Waals surface area contributed by atoms with Gasteiger partial charge in [0.1, 0.15) is 5.75 Å². The van der Waals surface area contributed by atoms with E-state index in [9.17, 15) is 4.79 Å². The first-order valence-electron chi connectivity index (χ1n) is 7.64. The number of amides is 1. The molecule has 3 nitrogen and oxygen atoms in total. The monoisotopic (exact) mass is 297 g/mol. The number of ether oxygens (including phenoxy) is 1. The molecule has 0 unspecified atom stereocenters. The maximum absolute atomic E-state index is 11.9. The number of hydrogen-bond acceptors (Lipinski definition) is 2. The van der Waals surface area contributed by atoms with Crippen molar-refractivity contribution >= 4 is 11.6 Å². The zero-order valence-corrected chi connectivity index (χ0v) is 13.4. The molecule has 0 fully saturated rings. The Balaban J connectivity index is 1.76. The van der Waals surface area contributed by atoms with Crippen molar-refractivity contribution in [3.63, 3.8) is 0 Å². The largest absolute Gasteiger partial charge is 0.493 e. The van der Waals surface area contributed by atoms with E-state index in [1.54, 1.807) is 0 Å². The highest BCUT2D eigenvalue weighted by Crippen LogP contribution is 2.17. The van der Waals surface area contributed by atoms with Crippen LogP contribution in [0.25, 0.3) is 0 Å². The minimum Gasteiger partial charge on any atom is -0.493 e. The third-order valence-electron chi connectivity index (χ3n) is 3.48. The van der Waals surface area contributed by atoms with E-state index >= 15 is 0 Å². The molecule has 0 bridgehead atoms. The molecule has 0 atom stereocenters. The summed E-state index contributed by atoms with van der Waals surface area (Å²) in [5, 5.41) is 2.88. The van der Waals surface area contributed by atoms with Crippen molar-refractivity contribution in [1.29, 1.82) is 0 Å². The normalized spacial score (nSPS) is 10.5. The van der Waals surface area contributed by atoms with E-state index in [0.717, 1.165) is 11.4 Å². The van der Waals surface area contributed by atoms with E-state index in [-0.39, 0.29) is 5.91 Å². The zero-order chi connectivity index (χ0) is 15.9. The van der Waals surface area contributed by atoms with Crippen molar-refractivity contribution in [1.82, 2.24) is 0 Å². The first-order chi connectivity index (χ1) is 10.5. The summed E-state index contributed by atoms with van der Waals surface area (Å²) >= 11 is 0. The standard InChI is InChI=1S/C19H23NO2/c1-14(2)16-6-8-17(9-7-16)20-19(21)12-13-22-18-10-4-15(3)5-11-18/h4-11,14H,12-13H2,1-3H3,(H,20,21). The molecular formula is C19H23NO2. The Labute approximate surface area is 132 Å². The molecule has 1 N–H and O–H groups in total. The van der Waals surface area contributed by atoms with Gasteiger partial charge in [-0.05, 0) is 42.7 Å². The van der Waals surface area contributed by atoms with Gasteiger partial charge in [0.05, 0.1) is 13.0 Å². The molecule has 0 heterocycles. The van der Waals surface area contributed by atoms with Gasteiger partial charge in [0.2, 0.25) is 5.91 Å². The van der Waals surface area contributed by atoms with Gasteiger partial charge < -0.3 is 10.1 Å². The molecule has 0 aliphatic carbocycles. The van der Waals surface area contributed by atoms with E-state index in [1.165, 1.54) is 11.1 Å². The average molecular weight is 297 g/mol. The van der Waals surface area contributed by atoms with Gasteiger partial charge in [0.15, 0.2) is 0 Å². The lowest BCUT2D eigenvalue weighted by Crippen LogP contribution is -2.15. The van der Waals surface area contributed by atoms with E-state index in [1.807, 2.05) is 55.5 Å². The van der Waals surface area contributed by atoms with Gasteiger partial charge in [0.25, 0.3) is 0 Å². The van der Waals surface area contributed by atoms with E-state index in [2.05, 4.69) is 19.2 Å². The minimum atomic E-state index is -0.0376. The first kappa shape index (κ1) is 16.1. The second-order valence-corrected chi connectivity index (χ2v) is 5.74. The third-order valence-corrected chi connectivity index (χ3v) is 3.48. The number of nitrogens with one attached hydrogen (secondary N) is 1. The lowest BCUT2D eigenvalue weighted by atomic mass is 10.0. The van der Waals surface area contributed by atoms with Crippen LogP contribution < -0.4 is 10.1 Å². The summed E-state index contributed by atoms with van der Waals surface area (Å²) in [5.74, 6) is 1.25. The van der Waals surface area contributed by atoms with Gasteiger partial charge in [-0.1, -0.05) is 43.7 Å². The number of benzene rings is 2. The predicted molar refractivity (Wildman–Crippen MR) is 90.5 cm³/mol. The fourth-order valence-corrected chi connectivity index (χ4v) is 2.07. The molecule has 2 rings (SSSR count). The van der Waals surface area contributed by atoms with Crippen LogP contribution in [0, 0.1) is 6.92 Å². The summed E-state index contributed by atoms with van der Waals surface area (Å²) in [5.41, 5.74) is 3.28. The van der Waals surface area contributed by atoms with Crippen LogP contribution in [-0.4, -0.2) is 12.5 Å². The van der Waals surface area contributed by atoms with Crippen LogP contribution >= 0.6 is 0 Å². The van der Waals surface area contributed by atoms with E-state index < -0.39 is 0 Å². The second-order valence-electron chi connectivity index (χ2n) is 5.74. The Hall–Kier alpha value is -2.29. The van der Waals surface area contributed by atoms with Crippen molar-refractivity contribution < 1.29 is 9.53 Å². The minimum absolute atomic E-state index is 0.0376. The Bertz CT molecular complexity index is 600. The Kier molecular flexibility index (Phi) is 5.59. The van der Waals surface area contributed by atoms with Crippen molar-refractivity contribution in [2.24, 2.45) is 0 Å². The van der Waals surface area contributed by atoms with E-state index in [4.69, 9.17) is 4.74 Å². The number of rotatable bonds is 6. The third kappa shape index (κ3) is 4.92. The smallest absolute Gasteiger partial charge is 0.227 e. The molecule has 0 spiro atoms. The fourth-order valence-electron chi connectivity index (χ4n) is 2.07. The van der Waals surface area contributed by atoms with Crippen LogP contribution in [0.2, 0.25) is 0 Å². The highest BCUT2D eigenvalue weighted by Gasteiger charge is 2.04. The predicted octanol–water partition coefficient (Wildman–Crippen LogP) is 4.53. The van der Waals surface area contributed by atoms with Gasteiger partial charge in [-0.25, -0.2) is 0 Å². The van der Waals surface area contributed by atoms with Gasteiger partial charge in [-0.3, -0.25) is 4.79 Å². The molecule has 0 aliphatic heterocycles. The first-order valence-corrected chi connectivity index (χ1v) is 7.64.